The molecule has 0 amide bonds. The van der Waals surface area contributed by atoms with E-state index >= 15 is 0 Å². The third-order valence-electron chi connectivity index (χ3n) is 4.67. The Bertz CT molecular complexity index is 1080. The Morgan fingerprint density at radius 1 is 0.750 bits per heavy atom. The van der Waals surface area contributed by atoms with Crippen LogP contribution < -0.4 is 14.2 Å². The Morgan fingerprint density at radius 3 is 2.04 bits per heavy atom. The summed E-state index contributed by atoms with van der Waals surface area (Å²) in [5.41, 5.74) is 2.13. The van der Waals surface area contributed by atoms with Crippen LogP contribution in [0.5, 0.6) is 17.2 Å². The monoisotopic (exact) mass is 321 g/mol. The van der Waals surface area contributed by atoms with E-state index in [1.54, 1.807) is 21.3 Å². The lowest BCUT2D eigenvalue weighted by Gasteiger charge is -2.13. The molecule has 0 fully saturated rings. The molecule has 24 heavy (non-hydrogen) atoms. The van der Waals surface area contributed by atoms with Crippen molar-refractivity contribution in [2.24, 2.45) is 7.05 Å². The minimum atomic E-state index is 0.823. The third kappa shape index (κ3) is 1.80. The van der Waals surface area contributed by atoms with Crippen LogP contribution in [-0.2, 0) is 7.05 Å². The number of fused-ring (bicyclic) bond motifs is 4. The van der Waals surface area contributed by atoms with Crippen LogP contribution in [0.2, 0.25) is 0 Å². The molecule has 122 valence electrons. The predicted octanol–water partition coefficient (Wildman–Crippen LogP) is 4.51. The van der Waals surface area contributed by atoms with Crippen molar-refractivity contribution in [1.82, 2.24) is 4.57 Å². The van der Waals surface area contributed by atoms with E-state index in [2.05, 4.69) is 28.8 Å². The van der Waals surface area contributed by atoms with Crippen LogP contribution in [0.1, 0.15) is 0 Å². The highest BCUT2D eigenvalue weighted by Crippen LogP contribution is 2.47. The molecule has 0 N–H and O–H groups in total. The number of hydrogen-bond acceptors (Lipinski definition) is 3. The normalized spacial score (nSPS) is 11.3. The first-order valence-electron chi connectivity index (χ1n) is 7.80. The van der Waals surface area contributed by atoms with Crippen LogP contribution in [0.25, 0.3) is 32.6 Å². The second-order valence-corrected chi connectivity index (χ2v) is 5.78. The van der Waals surface area contributed by atoms with Gasteiger partial charge in [-0.1, -0.05) is 24.3 Å². The fourth-order valence-corrected chi connectivity index (χ4v) is 3.61. The summed E-state index contributed by atoms with van der Waals surface area (Å²) >= 11 is 0. The molecule has 1 aromatic heterocycles. The van der Waals surface area contributed by atoms with Crippen LogP contribution in [0.3, 0.4) is 0 Å². The Hall–Kier alpha value is -2.88. The number of benzene rings is 3. The van der Waals surface area contributed by atoms with Crippen molar-refractivity contribution in [3.63, 3.8) is 0 Å². The first kappa shape index (κ1) is 14.7. The quantitative estimate of drug-likeness (QED) is 0.556. The summed E-state index contributed by atoms with van der Waals surface area (Å²) in [5, 5.41) is 4.22. The van der Waals surface area contributed by atoms with E-state index in [-0.39, 0.29) is 0 Å². The van der Waals surface area contributed by atoms with Crippen molar-refractivity contribution in [2.75, 3.05) is 21.3 Å². The van der Waals surface area contributed by atoms with Crippen LogP contribution in [0, 0.1) is 0 Å². The zero-order valence-corrected chi connectivity index (χ0v) is 14.2. The van der Waals surface area contributed by atoms with Crippen LogP contribution in [0.15, 0.2) is 42.5 Å². The van der Waals surface area contributed by atoms with Gasteiger partial charge in [0.1, 0.15) is 11.5 Å². The van der Waals surface area contributed by atoms with E-state index in [4.69, 9.17) is 14.2 Å². The van der Waals surface area contributed by atoms with Gasteiger partial charge in [-0.05, 0) is 18.2 Å². The fourth-order valence-electron chi connectivity index (χ4n) is 3.61. The number of methoxy groups -OCH3 is 3. The standard InChI is InChI=1S/C20H19NO3/c1-21-16-10-9-12(22-2)11-15(16)17-18(21)20(24-4)14-8-6-5-7-13(14)19(17)23-3/h5-11H,1-4H3. The maximum atomic E-state index is 5.83. The number of ether oxygens (including phenoxy) is 3. The smallest absolute Gasteiger partial charge is 0.151 e. The molecule has 0 saturated heterocycles. The van der Waals surface area contributed by atoms with E-state index in [1.165, 1.54) is 0 Å². The Kier molecular flexibility index (Phi) is 3.27. The molecular formula is C20H19NO3. The van der Waals surface area contributed by atoms with Gasteiger partial charge >= 0.3 is 0 Å². The van der Waals surface area contributed by atoms with Crippen molar-refractivity contribution < 1.29 is 14.2 Å². The van der Waals surface area contributed by atoms with Crippen molar-refractivity contribution in [3.05, 3.63) is 42.5 Å². The SMILES string of the molecule is COc1ccc2c(c1)c1c(OC)c3ccccc3c(OC)c1n2C. The zero-order chi connectivity index (χ0) is 16.8. The van der Waals surface area contributed by atoms with E-state index < -0.39 is 0 Å². The van der Waals surface area contributed by atoms with Crippen molar-refractivity contribution in [3.8, 4) is 17.2 Å². The lowest BCUT2D eigenvalue weighted by molar-refractivity contribution is 0.415. The van der Waals surface area contributed by atoms with Gasteiger partial charge in [-0.25, -0.2) is 0 Å². The minimum absolute atomic E-state index is 0.823. The second kappa shape index (κ2) is 5.34. The highest BCUT2D eigenvalue weighted by molar-refractivity contribution is 6.21. The lowest BCUT2D eigenvalue weighted by atomic mass is 10.0. The van der Waals surface area contributed by atoms with Gasteiger partial charge < -0.3 is 18.8 Å². The maximum absolute atomic E-state index is 5.83. The van der Waals surface area contributed by atoms with E-state index in [0.717, 1.165) is 49.8 Å². The molecule has 0 aliphatic rings. The Morgan fingerprint density at radius 2 is 1.42 bits per heavy atom. The van der Waals surface area contributed by atoms with Crippen LogP contribution in [0.4, 0.5) is 0 Å². The summed E-state index contributed by atoms with van der Waals surface area (Å²) in [6.07, 6.45) is 0. The van der Waals surface area contributed by atoms with Gasteiger partial charge in [0.25, 0.3) is 0 Å². The molecule has 3 aromatic carbocycles. The molecule has 1 heterocycles. The van der Waals surface area contributed by atoms with Gasteiger partial charge in [0.05, 0.1) is 32.2 Å². The summed E-state index contributed by atoms with van der Waals surface area (Å²) < 4.78 is 19.2. The number of aromatic nitrogens is 1. The molecule has 0 unspecified atom stereocenters. The molecule has 4 heteroatoms. The van der Waals surface area contributed by atoms with Crippen LogP contribution >= 0.6 is 0 Å². The van der Waals surface area contributed by atoms with Gasteiger partial charge in [0.2, 0.25) is 0 Å². The molecule has 4 nitrogen and oxygen atoms in total. The summed E-state index contributed by atoms with van der Waals surface area (Å²) in [6.45, 7) is 0. The van der Waals surface area contributed by atoms with Gasteiger partial charge in [-0.2, -0.15) is 0 Å². The minimum Gasteiger partial charge on any atom is -0.497 e. The van der Waals surface area contributed by atoms with Crippen LogP contribution in [-0.4, -0.2) is 25.9 Å². The average molecular weight is 321 g/mol. The molecule has 0 bridgehead atoms. The molecule has 4 aromatic rings. The molecule has 0 atom stereocenters. The number of aryl methyl sites for hydroxylation is 1. The Labute approximate surface area is 140 Å². The summed E-state index contributed by atoms with van der Waals surface area (Å²) in [4.78, 5) is 0. The predicted molar refractivity (Wildman–Crippen MR) is 97.6 cm³/mol. The molecule has 0 spiro atoms. The molecule has 4 rings (SSSR count). The van der Waals surface area contributed by atoms with E-state index in [1.807, 2.05) is 25.2 Å². The summed E-state index contributed by atoms with van der Waals surface area (Å²) in [6, 6.07) is 14.2. The molecular weight excluding hydrogens is 302 g/mol. The first-order chi connectivity index (χ1) is 11.7. The van der Waals surface area contributed by atoms with E-state index in [0.29, 0.717) is 0 Å². The second-order valence-electron chi connectivity index (χ2n) is 5.78. The number of rotatable bonds is 3. The number of hydrogen-bond donors (Lipinski definition) is 0. The molecule has 0 saturated carbocycles. The van der Waals surface area contributed by atoms with Gasteiger partial charge in [0, 0.05) is 28.7 Å². The van der Waals surface area contributed by atoms with Gasteiger partial charge in [0.15, 0.2) is 5.75 Å². The fraction of sp³-hybridized carbons (Fsp3) is 0.200. The summed E-state index contributed by atoms with van der Waals surface area (Å²) in [5.74, 6) is 2.54. The Balaban J connectivity index is 2.35. The van der Waals surface area contributed by atoms with Gasteiger partial charge in [-0.15, -0.1) is 0 Å². The third-order valence-corrected chi connectivity index (χ3v) is 4.67. The average Bonchev–Trinajstić information content (AvgIpc) is 2.92. The molecule has 0 aliphatic carbocycles. The maximum Gasteiger partial charge on any atom is 0.151 e. The van der Waals surface area contributed by atoms with Gasteiger partial charge in [-0.3, -0.25) is 0 Å². The highest BCUT2D eigenvalue weighted by Gasteiger charge is 2.21. The molecule has 0 radical (unpaired) electrons. The van der Waals surface area contributed by atoms with E-state index in [9.17, 15) is 0 Å². The topological polar surface area (TPSA) is 32.6 Å². The lowest BCUT2D eigenvalue weighted by Crippen LogP contribution is -1.95. The molecule has 0 aliphatic heterocycles. The van der Waals surface area contributed by atoms with Crippen molar-refractivity contribution in [1.29, 1.82) is 0 Å². The summed E-state index contributed by atoms with van der Waals surface area (Å²) in [7, 11) is 7.16. The largest absolute Gasteiger partial charge is 0.497 e. The highest BCUT2D eigenvalue weighted by atomic mass is 16.5. The van der Waals surface area contributed by atoms with Crippen molar-refractivity contribution in [2.45, 2.75) is 0 Å². The van der Waals surface area contributed by atoms with Crippen molar-refractivity contribution >= 4 is 32.6 Å². The first-order valence-corrected chi connectivity index (χ1v) is 7.80. The zero-order valence-electron chi connectivity index (χ0n) is 14.2. The number of nitrogens with zero attached hydrogens (tertiary/aromatic N) is 1.